The number of rotatable bonds is 4. The van der Waals surface area contributed by atoms with Gasteiger partial charge in [0.2, 0.25) is 0 Å². The normalized spacial score (nSPS) is 15.0. The van der Waals surface area contributed by atoms with Crippen molar-refractivity contribution < 1.29 is 14.1 Å². The lowest BCUT2D eigenvalue weighted by Gasteiger charge is -2.31. The second-order valence-corrected chi connectivity index (χ2v) is 7.84. The molecule has 1 aliphatic rings. The van der Waals surface area contributed by atoms with Gasteiger partial charge in [0.15, 0.2) is 11.5 Å². The van der Waals surface area contributed by atoms with Gasteiger partial charge in [-0.15, -0.1) is 11.3 Å². The summed E-state index contributed by atoms with van der Waals surface area (Å²) in [7, 11) is 1.74. The van der Waals surface area contributed by atoms with Gasteiger partial charge in [-0.25, -0.2) is 0 Å². The van der Waals surface area contributed by atoms with Gasteiger partial charge in [0.25, 0.3) is 11.5 Å². The largest absolute Gasteiger partial charge is 0.490 e. The molecule has 1 aliphatic heterocycles. The molecule has 3 aromatic heterocycles. The van der Waals surface area contributed by atoms with Crippen molar-refractivity contribution >= 4 is 17.2 Å². The Kier molecular flexibility index (Phi) is 5.04. The maximum atomic E-state index is 12.7. The Hall–Kier alpha value is -2.87. The number of hydrogen-bond acceptors (Lipinski definition) is 6. The molecule has 0 saturated carbocycles. The number of pyridine rings is 1. The summed E-state index contributed by atoms with van der Waals surface area (Å²) in [6.45, 7) is 3.03. The minimum Gasteiger partial charge on any atom is -0.490 e. The minimum atomic E-state index is -0.130. The maximum Gasteiger partial charge on any atom is 0.276 e. The minimum absolute atomic E-state index is 0.0189. The molecule has 7 nitrogen and oxygen atoms in total. The van der Waals surface area contributed by atoms with Gasteiger partial charge in [-0.3, -0.25) is 9.59 Å². The zero-order valence-electron chi connectivity index (χ0n) is 15.8. The highest BCUT2D eigenvalue weighted by atomic mass is 32.1. The van der Waals surface area contributed by atoms with Gasteiger partial charge in [-0.05, 0) is 24.4 Å². The Bertz CT molecular complexity index is 1030. The number of amides is 1. The highest BCUT2D eigenvalue weighted by Gasteiger charge is 2.27. The monoisotopic (exact) mass is 399 g/mol. The van der Waals surface area contributed by atoms with Crippen LogP contribution in [-0.4, -0.2) is 39.7 Å². The first-order valence-corrected chi connectivity index (χ1v) is 10.0. The molecule has 0 aliphatic carbocycles. The third-order valence-corrected chi connectivity index (χ3v) is 5.89. The topological polar surface area (TPSA) is 77.6 Å². The summed E-state index contributed by atoms with van der Waals surface area (Å²) in [5.41, 5.74) is 1.09. The van der Waals surface area contributed by atoms with E-state index in [1.54, 1.807) is 33.9 Å². The van der Waals surface area contributed by atoms with Crippen molar-refractivity contribution in [2.45, 2.75) is 25.9 Å². The van der Waals surface area contributed by atoms with E-state index in [2.05, 4.69) is 5.16 Å². The summed E-state index contributed by atoms with van der Waals surface area (Å²) < 4.78 is 12.9. The third kappa shape index (κ3) is 3.73. The lowest BCUT2D eigenvalue weighted by Crippen LogP contribution is -2.42. The number of carbonyl (C=O) groups is 1. The van der Waals surface area contributed by atoms with Crippen molar-refractivity contribution in [2.24, 2.45) is 7.05 Å². The molecule has 146 valence electrons. The molecule has 1 saturated heterocycles. The second kappa shape index (κ2) is 7.63. The van der Waals surface area contributed by atoms with Gasteiger partial charge in [0.1, 0.15) is 11.9 Å². The summed E-state index contributed by atoms with van der Waals surface area (Å²) in [4.78, 5) is 27.3. The molecular weight excluding hydrogens is 378 g/mol. The van der Waals surface area contributed by atoms with Crippen LogP contribution in [0.4, 0.5) is 0 Å². The molecule has 0 N–H and O–H groups in total. The van der Waals surface area contributed by atoms with Gasteiger partial charge < -0.3 is 18.7 Å². The van der Waals surface area contributed by atoms with Gasteiger partial charge in [-0.1, -0.05) is 11.2 Å². The Morgan fingerprint density at radius 1 is 1.29 bits per heavy atom. The van der Waals surface area contributed by atoms with E-state index in [9.17, 15) is 9.59 Å². The van der Waals surface area contributed by atoms with Crippen LogP contribution in [0.15, 0.2) is 45.0 Å². The van der Waals surface area contributed by atoms with Crippen LogP contribution in [-0.2, 0) is 7.05 Å². The van der Waals surface area contributed by atoms with Crippen LogP contribution >= 0.6 is 11.3 Å². The SMILES string of the molecule is Cc1cc(OC2CCN(C(=O)c3cc(-c4cccs4)on3)CC2)cc(=O)n1C. The summed E-state index contributed by atoms with van der Waals surface area (Å²) >= 11 is 1.54. The van der Waals surface area contributed by atoms with Crippen molar-refractivity contribution in [3.63, 3.8) is 0 Å². The fraction of sp³-hybridized carbons (Fsp3) is 0.350. The number of thiophene rings is 1. The highest BCUT2D eigenvalue weighted by Crippen LogP contribution is 2.26. The predicted molar refractivity (Wildman–Crippen MR) is 106 cm³/mol. The van der Waals surface area contributed by atoms with Crippen LogP contribution in [0.1, 0.15) is 29.0 Å². The molecule has 4 rings (SSSR count). The standard InChI is InChI=1S/C20H21N3O4S/c1-13-10-15(11-19(24)22(13)2)26-14-5-7-23(8-6-14)20(25)16-12-17(27-21-16)18-4-3-9-28-18/h3-4,9-12,14H,5-8H2,1-2H3. The Morgan fingerprint density at radius 2 is 2.07 bits per heavy atom. The molecule has 0 unspecified atom stereocenters. The lowest BCUT2D eigenvalue weighted by atomic mass is 10.1. The van der Waals surface area contributed by atoms with Crippen LogP contribution in [0.5, 0.6) is 5.75 Å². The van der Waals surface area contributed by atoms with Crippen molar-refractivity contribution in [3.8, 4) is 16.4 Å². The van der Waals surface area contributed by atoms with E-state index in [1.165, 1.54) is 6.07 Å². The van der Waals surface area contributed by atoms with Gasteiger partial charge in [0.05, 0.1) is 4.88 Å². The maximum absolute atomic E-state index is 12.7. The fourth-order valence-corrected chi connectivity index (χ4v) is 3.92. The lowest BCUT2D eigenvalue weighted by molar-refractivity contribution is 0.0586. The zero-order chi connectivity index (χ0) is 19.7. The van der Waals surface area contributed by atoms with Crippen LogP contribution in [0, 0.1) is 6.92 Å². The highest BCUT2D eigenvalue weighted by molar-refractivity contribution is 7.13. The van der Waals surface area contributed by atoms with E-state index in [0.717, 1.165) is 10.6 Å². The van der Waals surface area contributed by atoms with Crippen molar-refractivity contribution in [2.75, 3.05) is 13.1 Å². The molecule has 3 aromatic rings. The molecule has 1 amide bonds. The average Bonchev–Trinajstić information content (AvgIpc) is 3.37. The summed E-state index contributed by atoms with van der Waals surface area (Å²) in [5.74, 6) is 1.06. The molecule has 0 atom stereocenters. The smallest absolute Gasteiger partial charge is 0.276 e. The number of piperidine rings is 1. The van der Waals surface area contributed by atoms with Crippen molar-refractivity contribution in [3.05, 3.63) is 57.5 Å². The van der Waals surface area contributed by atoms with E-state index >= 15 is 0 Å². The van der Waals surface area contributed by atoms with Crippen LogP contribution in [0.2, 0.25) is 0 Å². The summed E-state index contributed by atoms with van der Waals surface area (Å²) in [6, 6.07) is 8.92. The van der Waals surface area contributed by atoms with E-state index in [1.807, 2.05) is 30.5 Å². The van der Waals surface area contributed by atoms with E-state index < -0.39 is 0 Å². The van der Waals surface area contributed by atoms with Crippen molar-refractivity contribution in [1.29, 1.82) is 0 Å². The molecule has 28 heavy (non-hydrogen) atoms. The predicted octanol–water partition coefficient (Wildman–Crippen LogP) is 3.09. The molecule has 1 fully saturated rings. The number of carbonyl (C=O) groups excluding carboxylic acids is 1. The molecule has 0 spiro atoms. The quantitative estimate of drug-likeness (QED) is 0.674. The molecule has 8 heteroatoms. The van der Waals surface area contributed by atoms with E-state index in [0.29, 0.717) is 43.1 Å². The van der Waals surface area contributed by atoms with Gasteiger partial charge in [-0.2, -0.15) is 0 Å². The van der Waals surface area contributed by atoms with Crippen LogP contribution in [0.3, 0.4) is 0 Å². The Labute approximate surface area is 166 Å². The number of likely N-dealkylation sites (tertiary alicyclic amines) is 1. The molecule has 0 radical (unpaired) electrons. The summed E-state index contributed by atoms with van der Waals surface area (Å²) in [5, 5.41) is 5.89. The second-order valence-electron chi connectivity index (χ2n) is 6.89. The zero-order valence-corrected chi connectivity index (χ0v) is 16.6. The number of aromatic nitrogens is 2. The average molecular weight is 399 g/mol. The van der Waals surface area contributed by atoms with Crippen LogP contribution in [0.25, 0.3) is 10.6 Å². The third-order valence-electron chi connectivity index (χ3n) is 5.00. The number of nitrogens with zero attached hydrogens (tertiary/aromatic N) is 3. The molecule has 4 heterocycles. The van der Waals surface area contributed by atoms with Crippen LogP contribution < -0.4 is 10.3 Å². The number of hydrogen-bond donors (Lipinski definition) is 0. The Morgan fingerprint density at radius 3 is 2.75 bits per heavy atom. The van der Waals surface area contributed by atoms with Crippen molar-refractivity contribution in [1.82, 2.24) is 14.6 Å². The van der Waals surface area contributed by atoms with Gasteiger partial charge in [0, 0.05) is 50.8 Å². The van der Waals surface area contributed by atoms with E-state index in [-0.39, 0.29) is 17.6 Å². The summed E-state index contributed by atoms with van der Waals surface area (Å²) in [6.07, 6.45) is 1.39. The molecular formula is C20H21N3O4S. The number of aryl methyl sites for hydroxylation is 1. The number of ether oxygens (including phenoxy) is 1. The molecule has 0 aromatic carbocycles. The Balaban J connectivity index is 1.36. The fourth-order valence-electron chi connectivity index (χ4n) is 3.25. The first-order chi connectivity index (χ1) is 13.5. The van der Waals surface area contributed by atoms with Gasteiger partial charge >= 0.3 is 0 Å². The molecule has 0 bridgehead atoms. The first kappa shape index (κ1) is 18.5. The van der Waals surface area contributed by atoms with E-state index in [4.69, 9.17) is 9.26 Å². The first-order valence-electron chi connectivity index (χ1n) is 9.15.